The van der Waals surface area contributed by atoms with Crippen LogP contribution in [0.25, 0.3) is 0 Å². The number of amides is 1. The van der Waals surface area contributed by atoms with Crippen molar-refractivity contribution < 1.29 is 9.53 Å². The summed E-state index contributed by atoms with van der Waals surface area (Å²) in [6, 6.07) is 7.35. The van der Waals surface area contributed by atoms with E-state index in [0.717, 1.165) is 11.3 Å². The number of rotatable bonds is 5. The van der Waals surface area contributed by atoms with Crippen molar-refractivity contribution in [3.8, 4) is 5.75 Å². The van der Waals surface area contributed by atoms with Crippen molar-refractivity contribution in [3.63, 3.8) is 0 Å². The predicted molar refractivity (Wildman–Crippen MR) is 63.2 cm³/mol. The molecule has 0 heterocycles. The minimum atomic E-state index is -0.361. The molecule has 0 saturated carbocycles. The SMILES string of the molecule is COc1ccccc1[C@H](C)NC(C)C(N)=O. The number of benzene rings is 1. The summed E-state index contributed by atoms with van der Waals surface area (Å²) in [6.45, 7) is 3.71. The molecule has 1 amide bonds. The van der Waals surface area contributed by atoms with Crippen LogP contribution in [0.2, 0.25) is 0 Å². The third-order valence-corrected chi connectivity index (χ3v) is 2.53. The summed E-state index contributed by atoms with van der Waals surface area (Å²) in [4.78, 5) is 10.9. The van der Waals surface area contributed by atoms with Crippen molar-refractivity contribution in [3.05, 3.63) is 29.8 Å². The third kappa shape index (κ3) is 2.97. The lowest BCUT2D eigenvalue weighted by Crippen LogP contribution is -2.40. The second-order valence-electron chi connectivity index (χ2n) is 3.75. The average molecular weight is 222 g/mol. The number of carbonyl (C=O) groups is 1. The van der Waals surface area contributed by atoms with Crippen LogP contribution in [0, 0.1) is 0 Å². The molecule has 0 fully saturated rings. The highest BCUT2D eigenvalue weighted by Crippen LogP contribution is 2.24. The molecule has 0 radical (unpaired) electrons. The summed E-state index contributed by atoms with van der Waals surface area (Å²) < 4.78 is 5.25. The zero-order chi connectivity index (χ0) is 12.1. The molecule has 2 atom stereocenters. The molecule has 0 aliphatic carbocycles. The van der Waals surface area contributed by atoms with Gasteiger partial charge in [-0.3, -0.25) is 10.1 Å². The monoisotopic (exact) mass is 222 g/mol. The Morgan fingerprint density at radius 3 is 2.56 bits per heavy atom. The first kappa shape index (κ1) is 12.5. The molecule has 16 heavy (non-hydrogen) atoms. The summed E-state index contributed by atoms with van der Waals surface area (Å²) in [5, 5.41) is 3.12. The highest BCUT2D eigenvalue weighted by atomic mass is 16.5. The van der Waals surface area contributed by atoms with Crippen LogP contribution in [0.3, 0.4) is 0 Å². The van der Waals surface area contributed by atoms with Crippen LogP contribution in [0.4, 0.5) is 0 Å². The molecular formula is C12H18N2O2. The first-order valence-electron chi connectivity index (χ1n) is 5.24. The van der Waals surface area contributed by atoms with E-state index in [0.29, 0.717) is 0 Å². The van der Waals surface area contributed by atoms with Crippen molar-refractivity contribution in [2.24, 2.45) is 5.73 Å². The van der Waals surface area contributed by atoms with Crippen LogP contribution in [0.15, 0.2) is 24.3 Å². The smallest absolute Gasteiger partial charge is 0.234 e. The number of nitrogens with one attached hydrogen (secondary N) is 1. The molecule has 1 aromatic rings. The van der Waals surface area contributed by atoms with Gasteiger partial charge < -0.3 is 10.5 Å². The summed E-state index contributed by atoms with van der Waals surface area (Å²) >= 11 is 0. The lowest BCUT2D eigenvalue weighted by atomic mass is 10.1. The van der Waals surface area contributed by atoms with Crippen LogP contribution >= 0.6 is 0 Å². The van der Waals surface area contributed by atoms with E-state index in [-0.39, 0.29) is 18.0 Å². The summed E-state index contributed by atoms with van der Waals surface area (Å²) in [5.74, 6) is 0.445. The van der Waals surface area contributed by atoms with Crippen LogP contribution in [0.5, 0.6) is 5.75 Å². The second-order valence-corrected chi connectivity index (χ2v) is 3.75. The van der Waals surface area contributed by atoms with Gasteiger partial charge in [0.1, 0.15) is 5.75 Å². The van der Waals surface area contributed by atoms with Gasteiger partial charge in [0, 0.05) is 11.6 Å². The van der Waals surface area contributed by atoms with Crippen molar-refractivity contribution in [1.29, 1.82) is 0 Å². The van der Waals surface area contributed by atoms with E-state index in [1.54, 1.807) is 14.0 Å². The number of carbonyl (C=O) groups excluding carboxylic acids is 1. The Bertz CT molecular complexity index is 366. The molecule has 0 bridgehead atoms. The van der Waals surface area contributed by atoms with Gasteiger partial charge in [-0.05, 0) is 19.9 Å². The number of hydrogen-bond donors (Lipinski definition) is 2. The van der Waals surface area contributed by atoms with E-state index in [1.165, 1.54) is 0 Å². The van der Waals surface area contributed by atoms with E-state index in [2.05, 4.69) is 5.32 Å². The van der Waals surface area contributed by atoms with Crippen molar-refractivity contribution in [2.45, 2.75) is 25.9 Å². The zero-order valence-electron chi connectivity index (χ0n) is 9.86. The molecule has 88 valence electrons. The molecule has 4 heteroatoms. The van der Waals surface area contributed by atoms with E-state index in [9.17, 15) is 4.79 Å². The number of hydrogen-bond acceptors (Lipinski definition) is 3. The minimum absolute atomic E-state index is 0.0126. The molecular weight excluding hydrogens is 204 g/mol. The molecule has 1 rings (SSSR count). The maximum Gasteiger partial charge on any atom is 0.234 e. The van der Waals surface area contributed by atoms with Crippen molar-refractivity contribution >= 4 is 5.91 Å². The number of nitrogens with two attached hydrogens (primary N) is 1. The van der Waals surface area contributed by atoms with E-state index >= 15 is 0 Å². The lowest BCUT2D eigenvalue weighted by molar-refractivity contribution is -0.119. The highest BCUT2D eigenvalue weighted by Gasteiger charge is 2.15. The summed E-state index contributed by atoms with van der Waals surface area (Å²) in [5.41, 5.74) is 6.21. The highest BCUT2D eigenvalue weighted by molar-refractivity contribution is 5.79. The normalized spacial score (nSPS) is 14.2. The second kappa shape index (κ2) is 5.51. The summed E-state index contributed by atoms with van der Waals surface area (Å²) in [7, 11) is 1.63. The van der Waals surface area contributed by atoms with Crippen LogP contribution in [-0.4, -0.2) is 19.1 Å². The van der Waals surface area contributed by atoms with Gasteiger partial charge in [-0.25, -0.2) is 0 Å². The Kier molecular flexibility index (Phi) is 4.31. The first-order valence-corrected chi connectivity index (χ1v) is 5.24. The molecule has 0 saturated heterocycles. The largest absolute Gasteiger partial charge is 0.496 e. The van der Waals surface area contributed by atoms with E-state index in [1.807, 2.05) is 31.2 Å². The first-order chi connectivity index (χ1) is 7.56. The van der Waals surface area contributed by atoms with Gasteiger partial charge in [0.15, 0.2) is 0 Å². The standard InChI is InChI=1S/C12H18N2O2/c1-8(14-9(2)12(13)15)10-6-4-5-7-11(10)16-3/h4-9,14H,1-3H3,(H2,13,15)/t8-,9?/m0/s1. The summed E-state index contributed by atoms with van der Waals surface area (Å²) in [6.07, 6.45) is 0. The maximum atomic E-state index is 10.9. The quantitative estimate of drug-likeness (QED) is 0.787. The number of ether oxygens (including phenoxy) is 1. The Morgan fingerprint density at radius 1 is 1.38 bits per heavy atom. The average Bonchev–Trinajstić information content (AvgIpc) is 2.28. The predicted octanol–water partition coefficient (Wildman–Crippen LogP) is 1.22. The molecule has 0 aliphatic heterocycles. The Morgan fingerprint density at radius 2 is 2.00 bits per heavy atom. The number of para-hydroxylation sites is 1. The Labute approximate surface area is 95.8 Å². The Balaban J connectivity index is 2.79. The van der Waals surface area contributed by atoms with E-state index < -0.39 is 0 Å². The topological polar surface area (TPSA) is 64.3 Å². The van der Waals surface area contributed by atoms with Crippen LogP contribution in [0.1, 0.15) is 25.5 Å². The fourth-order valence-corrected chi connectivity index (χ4v) is 1.57. The molecule has 0 aromatic heterocycles. The molecule has 0 spiro atoms. The zero-order valence-corrected chi connectivity index (χ0v) is 9.86. The van der Waals surface area contributed by atoms with Gasteiger partial charge in [0.2, 0.25) is 5.91 Å². The van der Waals surface area contributed by atoms with Gasteiger partial charge in [-0.2, -0.15) is 0 Å². The molecule has 4 nitrogen and oxygen atoms in total. The molecule has 0 aliphatic rings. The molecule has 1 aromatic carbocycles. The van der Waals surface area contributed by atoms with Crippen LogP contribution in [-0.2, 0) is 4.79 Å². The molecule has 1 unspecified atom stereocenters. The lowest BCUT2D eigenvalue weighted by Gasteiger charge is -2.20. The van der Waals surface area contributed by atoms with Crippen LogP contribution < -0.4 is 15.8 Å². The van der Waals surface area contributed by atoms with Gasteiger partial charge >= 0.3 is 0 Å². The fourth-order valence-electron chi connectivity index (χ4n) is 1.57. The fraction of sp³-hybridized carbons (Fsp3) is 0.417. The molecule has 3 N–H and O–H groups in total. The van der Waals surface area contributed by atoms with Gasteiger partial charge in [0.05, 0.1) is 13.2 Å². The minimum Gasteiger partial charge on any atom is -0.496 e. The third-order valence-electron chi connectivity index (χ3n) is 2.53. The van der Waals surface area contributed by atoms with Gasteiger partial charge in [-0.1, -0.05) is 18.2 Å². The number of primary amides is 1. The van der Waals surface area contributed by atoms with Gasteiger partial charge in [-0.15, -0.1) is 0 Å². The Hall–Kier alpha value is -1.55. The van der Waals surface area contributed by atoms with E-state index in [4.69, 9.17) is 10.5 Å². The van der Waals surface area contributed by atoms with Gasteiger partial charge in [0.25, 0.3) is 0 Å². The van der Waals surface area contributed by atoms with Crippen molar-refractivity contribution in [1.82, 2.24) is 5.32 Å². The van der Waals surface area contributed by atoms with Crippen molar-refractivity contribution in [2.75, 3.05) is 7.11 Å². The number of methoxy groups -OCH3 is 1. The maximum absolute atomic E-state index is 10.9.